The van der Waals surface area contributed by atoms with E-state index < -0.39 is 0 Å². The van der Waals surface area contributed by atoms with E-state index in [-0.39, 0.29) is 20.7 Å². The van der Waals surface area contributed by atoms with Crippen LogP contribution in [0.15, 0.2) is 9.66 Å². The van der Waals surface area contributed by atoms with Crippen molar-refractivity contribution < 1.29 is 0 Å². The Bertz CT molecular complexity index is 210. The monoisotopic (exact) mass is 376 g/mol. The molecular formula is C7H10I2N2. The third kappa shape index (κ3) is 2.59. The summed E-state index contributed by atoms with van der Waals surface area (Å²) in [6, 6.07) is 0. The van der Waals surface area contributed by atoms with Crippen molar-refractivity contribution >= 4 is 53.5 Å². The molecule has 0 aromatic carbocycles. The van der Waals surface area contributed by atoms with Crippen LogP contribution >= 0.6 is 43.3 Å². The minimum atomic E-state index is 0.0316. The van der Waals surface area contributed by atoms with Gasteiger partial charge in [-0.15, -0.1) is 20.7 Å². The van der Waals surface area contributed by atoms with E-state index >= 15 is 0 Å². The standard InChI is InChI=1S/C7H10I2N2/c1-9-7-2-5(3-8)6(10)4-11-7/h3,7,10-11H,1-2,4H2/b5-3+,10-6?/t7-/m0/s1. The molecule has 0 aromatic heterocycles. The van der Waals surface area contributed by atoms with Gasteiger partial charge in [0.15, 0.2) is 0 Å². The summed E-state index contributed by atoms with van der Waals surface area (Å²) in [7, 11) is 0. The van der Waals surface area contributed by atoms with E-state index in [9.17, 15) is 0 Å². The molecule has 0 spiro atoms. The van der Waals surface area contributed by atoms with Crippen LogP contribution in [0.4, 0.5) is 0 Å². The lowest BCUT2D eigenvalue weighted by Crippen LogP contribution is -2.36. The highest BCUT2D eigenvalue weighted by Gasteiger charge is 2.17. The van der Waals surface area contributed by atoms with Gasteiger partial charge in [0, 0.05) is 12.3 Å². The second-order valence-corrected chi connectivity index (χ2v) is 5.33. The van der Waals surface area contributed by atoms with E-state index in [0.29, 0.717) is 4.05 Å². The molecule has 1 aliphatic rings. The second-order valence-electron chi connectivity index (χ2n) is 2.32. The Morgan fingerprint density at radius 1 is 1.82 bits per heavy atom. The third-order valence-electron chi connectivity index (χ3n) is 1.61. The van der Waals surface area contributed by atoms with E-state index in [1.807, 2.05) is 4.08 Å². The predicted octanol–water partition coefficient (Wildman–Crippen LogP) is 2.05. The molecule has 1 fully saturated rings. The zero-order valence-electron chi connectivity index (χ0n) is 6.03. The lowest BCUT2D eigenvalue weighted by molar-refractivity contribution is 0.706. The molecule has 1 aliphatic heterocycles. The zero-order valence-corrected chi connectivity index (χ0v) is 10.3. The predicted molar refractivity (Wildman–Crippen MR) is 67.4 cm³/mol. The van der Waals surface area contributed by atoms with Gasteiger partial charge in [0.1, 0.15) is 0 Å². The number of piperidine rings is 1. The molecule has 1 heterocycles. The fourth-order valence-corrected chi connectivity index (χ4v) is 2.88. The van der Waals surface area contributed by atoms with Crippen molar-refractivity contribution in [1.29, 1.82) is 5.41 Å². The lowest BCUT2D eigenvalue weighted by atomic mass is 10.1. The maximum Gasteiger partial charge on any atom is 0.0584 e. The normalized spacial score (nSPS) is 29.4. The van der Waals surface area contributed by atoms with E-state index in [0.717, 1.165) is 18.7 Å². The van der Waals surface area contributed by atoms with Crippen molar-refractivity contribution in [3.8, 4) is 0 Å². The molecule has 0 radical (unpaired) electrons. The van der Waals surface area contributed by atoms with Crippen LogP contribution < -0.4 is 5.32 Å². The van der Waals surface area contributed by atoms with Crippen LogP contribution in [0.1, 0.15) is 6.42 Å². The van der Waals surface area contributed by atoms with Crippen LogP contribution in [0.3, 0.4) is 0 Å². The van der Waals surface area contributed by atoms with Crippen LogP contribution in [0.25, 0.3) is 0 Å². The van der Waals surface area contributed by atoms with Crippen molar-refractivity contribution in [1.82, 2.24) is 5.32 Å². The molecule has 1 saturated heterocycles. The highest BCUT2D eigenvalue weighted by Crippen LogP contribution is 2.20. The Balaban J connectivity index is 2.65. The number of hydrogen-bond acceptors (Lipinski definition) is 2. The van der Waals surface area contributed by atoms with Gasteiger partial charge in [-0.2, -0.15) is 0 Å². The molecule has 0 saturated carbocycles. The summed E-state index contributed by atoms with van der Waals surface area (Å²) < 4.78 is 6.56. The summed E-state index contributed by atoms with van der Waals surface area (Å²) in [5.74, 6) is 0. The Kier molecular flexibility index (Phi) is 4.14. The first kappa shape index (κ1) is 9.79. The number of rotatable bonds is 1. The zero-order chi connectivity index (χ0) is 8.27. The van der Waals surface area contributed by atoms with Crippen molar-refractivity contribution in [3.05, 3.63) is 9.66 Å². The Morgan fingerprint density at radius 3 is 3.09 bits per heavy atom. The number of alkyl halides is 1. The maximum atomic E-state index is 7.57. The highest BCUT2D eigenvalue weighted by molar-refractivity contribution is 14.2. The quantitative estimate of drug-likeness (QED) is 0.410. The first-order valence-corrected chi connectivity index (χ1v) is 7.27. The molecule has 62 valence electrons. The van der Waals surface area contributed by atoms with Gasteiger partial charge in [-0.05, 0) is 16.1 Å². The molecule has 0 aromatic rings. The van der Waals surface area contributed by atoms with E-state index in [4.69, 9.17) is 5.41 Å². The van der Waals surface area contributed by atoms with Crippen LogP contribution in [0, 0.1) is 5.41 Å². The summed E-state index contributed by atoms with van der Waals surface area (Å²) in [5, 5.41) is 10.9. The molecule has 1 rings (SSSR count). The summed E-state index contributed by atoms with van der Waals surface area (Å²) in [6.45, 7) is 0.731. The molecule has 4 heteroatoms. The molecule has 0 bridgehead atoms. The molecule has 2 nitrogen and oxygen atoms in total. The molecule has 2 N–H and O–H groups in total. The largest absolute Gasteiger partial charge is 0.304 e. The van der Waals surface area contributed by atoms with Gasteiger partial charge in [0.05, 0.1) is 4.05 Å². The van der Waals surface area contributed by atoms with Gasteiger partial charge in [0.2, 0.25) is 0 Å². The Labute approximate surface area is 90.2 Å². The first-order chi connectivity index (χ1) is 5.27. The number of nitrogens with one attached hydrogen (secondary N) is 2. The molecule has 1 atom stereocenters. The van der Waals surface area contributed by atoms with Gasteiger partial charge >= 0.3 is 0 Å². The smallest absolute Gasteiger partial charge is 0.0584 e. The fourth-order valence-electron chi connectivity index (χ4n) is 0.934. The molecule has 11 heavy (non-hydrogen) atoms. The van der Waals surface area contributed by atoms with Crippen LogP contribution in [-0.2, 0) is 0 Å². The van der Waals surface area contributed by atoms with Gasteiger partial charge in [0.25, 0.3) is 0 Å². The maximum absolute atomic E-state index is 7.57. The van der Waals surface area contributed by atoms with E-state index in [2.05, 4.69) is 32.4 Å². The summed E-state index contributed by atoms with van der Waals surface area (Å²) in [5.41, 5.74) is 1.94. The van der Waals surface area contributed by atoms with Crippen molar-refractivity contribution in [3.63, 3.8) is 0 Å². The minimum absolute atomic E-state index is 0.0316. The summed E-state index contributed by atoms with van der Waals surface area (Å²) in [4.78, 5) is 0. The third-order valence-corrected chi connectivity index (χ3v) is 4.30. The van der Waals surface area contributed by atoms with Gasteiger partial charge in [-0.25, -0.2) is 0 Å². The number of halogens is 2. The Morgan fingerprint density at radius 2 is 2.55 bits per heavy atom. The van der Waals surface area contributed by atoms with E-state index in [1.54, 1.807) is 0 Å². The average molecular weight is 376 g/mol. The number of hydrogen-bond donors (Lipinski definition) is 2. The van der Waals surface area contributed by atoms with Crippen LogP contribution in [-0.4, -0.2) is 20.8 Å². The molecule has 0 unspecified atom stereocenters. The van der Waals surface area contributed by atoms with Crippen LogP contribution in [0.2, 0.25) is 0 Å². The lowest BCUT2D eigenvalue weighted by Gasteiger charge is -2.22. The first-order valence-electron chi connectivity index (χ1n) is 3.25. The minimum Gasteiger partial charge on any atom is -0.304 e. The average Bonchev–Trinajstić information content (AvgIpc) is 2.05. The SMILES string of the molecule is C=I[C@@H]1C/C(=C\I)C(=N)CN1. The van der Waals surface area contributed by atoms with Gasteiger partial charge in [-0.3, -0.25) is 5.32 Å². The summed E-state index contributed by atoms with van der Waals surface area (Å²) >= 11 is 2.24. The van der Waals surface area contributed by atoms with Crippen molar-refractivity contribution in [2.45, 2.75) is 10.5 Å². The molecule has 0 aliphatic carbocycles. The van der Waals surface area contributed by atoms with E-state index in [1.165, 1.54) is 5.57 Å². The van der Waals surface area contributed by atoms with Crippen molar-refractivity contribution in [2.24, 2.45) is 0 Å². The molecule has 0 amide bonds. The summed E-state index contributed by atoms with van der Waals surface area (Å²) in [6.07, 6.45) is 1.01. The topological polar surface area (TPSA) is 35.9 Å². The molecular weight excluding hydrogens is 366 g/mol. The fraction of sp³-hybridized carbons (Fsp3) is 0.429. The second kappa shape index (κ2) is 4.66. The van der Waals surface area contributed by atoms with Gasteiger partial charge in [-0.1, -0.05) is 27.1 Å². The van der Waals surface area contributed by atoms with Gasteiger partial charge < -0.3 is 5.41 Å². The van der Waals surface area contributed by atoms with Crippen molar-refractivity contribution in [2.75, 3.05) is 6.54 Å². The van der Waals surface area contributed by atoms with Crippen LogP contribution in [0.5, 0.6) is 0 Å². The Hall–Kier alpha value is 0.700. The highest BCUT2D eigenvalue weighted by atomic mass is 127.